The van der Waals surface area contributed by atoms with Gasteiger partial charge in [0.15, 0.2) is 0 Å². The molecule has 0 saturated carbocycles. The smallest absolute Gasteiger partial charge is 0.234 e. The zero-order chi connectivity index (χ0) is 12.8. The summed E-state index contributed by atoms with van der Waals surface area (Å²) in [5.41, 5.74) is 1.89. The number of hydrogen-bond acceptors (Lipinski definition) is 2. The molecule has 0 fully saturated rings. The molecule has 1 aromatic rings. The lowest BCUT2D eigenvalue weighted by Gasteiger charge is -2.10. The van der Waals surface area contributed by atoms with E-state index in [2.05, 4.69) is 10.6 Å². The van der Waals surface area contributed by atoms with E-state index in [0.717, 1.165) is 11.1 Å². The van der Waals surface area contributed by atoms with E-state index in [1.54, 1.807) is 6.07 Å². The summed E-state index contributed by atoms with van der Waals surface area (Å²) in [6.07, 6.45) is 0. The highest BCUT2D eigenvalue weighted by molar-refractivity contribution is 5.78. The first-order valence-corrected chi connectivity index (χ1v) is 5.74. The zero-order valence-electron chi connectivity index (χ0n) is 10.5. The van der Waals surface area contributed by atoms with Gasteiger partial charge in [0.05, 0.1) is 6.54 Å². The Morgan fingerprint density at radius 2 is 2.12 bits per heavy atom. The molecule has 2 N–H and O–H groups in total. The molecular formula is C13H19FN2O. The first-order valence-electron chi connectivity index (χ1n) is 5.74. The lowest BCUT2D eigenvalue weighted by molar-refractivity contribution is -0.120. The van der Waals surface area contributed by atoms with Crippen molar-refractivity contribution in [1.29, 1.82) is 0 Å². The van der Waals surface area contributed by atoms with Crippen molar-refractivity contribution in [2.75, 3.05) is 6.54 Å². The lowest BCUT2D eigenvalue weighted by Crippen LogP contribution is -2.37. The van der Waals surface area contributed by atoms with Crippen LogP contribution in [0.4, 0.5) is 4.39 Å². The van der Waals surface area contributed by atoms with Gasteiger partial charge in [0.2, 0.25) is 5.91 Å². The summed E-state index contributed by atoms with van der Waals surface area (Å²) in [5, 5.41) is 5.82. The van der Waals surface area contributed by atoms with Crippen molar-refractivity contribution in [1.82, 2.24) is 10.6 Å². The molecule has 1 amide bonds. The molecule has 3 nitrogen and oxygen atoms in total. The summed E-state index contributed by atoms with van der Waals surface area (Å²) in [5.74, 6) is -0.261. The maximum absolute atomic E-state index is 12.9. The van der Waals surface area contributed by atoms with Crippen molar-refractivity contribution in [2.24, 2.45) is 0 Å². The van der Waals surface area contributed by atoms with Gasteiger partial charge in [0.25, 0.3) is 0 Å². The molecule has 0 aromatic heterocycles. The minimum absolute atomic E-state index is 0.0280. The molecular weight excluding hydrogens is 219 g/mol. The van der Waals surface area contributed by atoms with Crippen LogP contribution in [0.2, 0.25) is 0 Å². The van der Waals surface area contributed by atoms with Crippen molar-refractivity contribution in [3.8, 4) is 0 Å². The number of nitrogens with one attached hydrogen (secondary N) is 2. The molecule has 0 bridgehead atoms. The van der Waals surface area contributed by atoms with Crippen LogP contribution in [0.3, 0.4) is 0 Å². The maximum atomic E-state index is 12.9. The van der Waals surface area contributed by atoms with Gasteiger partial charge in [-0.3, -0.25) is 4.79 Å². The number of hydrogen-bond donors (Lipinski definition) is 2. The predicted octanol–water partition coefficient (Wildman–Crippen LogP) is 1.75. The molecule has 0 aliphatic carbocycles. The fourth-order valence-electron chi connectivity index (χ4n) is 1.54. The van der Waals surface area contributed by atoms with Crippen LogP contribution in [0.1, 0.15) is 25.0 Å². The van der Waals surface area contributed by atoms with E-state index < -0.39 is 0 Å². The van der Waals surface area contributed by atoms with Gasteiger partial charge in [-0.2, -0.15) is 0 Å². The molecule has 0 radical (unpaired) electrons. The first-order chi connectivity index (χ1) is 7.99. The van der Waals surface area contributed by atoms with Crippen LogP contribution in [0, 0.1) is 12.7 Å². The van der Waals surface area contributed by atoms with Gasteiger partial charge in [-0.25, -0.2) is 4.39 Å². The van der Waals surface area contributed by atoms with Crippen LogP contribution in [-0.4, -0.2) is 18.5 Å². The molecule has 94 valence electrons. The summed E-state index contributed by atoms with van der Waals surface area (Å²) < 4.78 is 12.9. The number of aryl methyl sites for hydroxylation is 1. The highest BCUT2D eigenvalue weighted by atomic mass is 19.1. The van der Waals surface area contributed by atoms with Gasteiger partial charge in [-0.05, 0) is 44.0 Å². The zero-order valence-corrected chi connectivity index (χ0v) is 10.5. The number of rotatable bonds is 5. The van der Waals surface area contributed by atoms with Crippen molar-refractivity contribution in [3.63, 3.8) is 0 Å². The topological polar surface area (TPSA) is 41.1 Å². The fraction of sp³-hybridized carbons (Fsp3) is 0.462. The van der Waals surface area contributed by atoms with Crippen LogP contribution in [0.25, 0.3) is 0 Å². The molecule has 1 rings (SSSR count). The Balaban J connectivity index is 2.38. The Hall–Kier alpha value is -1.42. The highest BCUT2D eigenvalue weighted by Gasteiger charge is 2.04. The van der Waals surface area contributed by atoms with Gasteiger partial charge >= 0.3 is 0 Å². The number of benzene rings is 1. The van der Waals surface area contributed by atoms with Crippen LogP contribution < -0.4 is 10.6 Å². The third-order valence-electron chi connectivity index (χ3n) is 2.36. The van der Waals surface area contributed by atoms with Crippen LogP contribution >= 0.6 is 0 Å². The molecule has 0 saturated heterocycles. The van der Waals surface area contributed by atoms with Crippen molar-refractivity contribution >= 4 is 5.91 Å². The highest BCUT2D eigenvalue weighted by Crippen LogP contribution is 2.09. The average Bonchev–Trinajstić information content (AvgIpc) is 2.20. The van der Waals surface area contributed by atoms with E-state index in [9.17, 15) is 9.18 Å². The van der Waals surface area contributed by atoms with E-state index in [1.165, 1.54) is 12.1 Å². The number of carbonyl (C=O) groups is 1. The first kappa shape index (κ1) is 13.6. The average molecular weight is 238 g/mol. The molecule has 0 unspecified atom stereocenters. The van der Waals surface area contributed by atoms with Crippen molar-refractivity contribution in [2.45, 2.75) is 33.4 Å². The number of carbonyl (C=O) groups excluding carboxylic acids is 1. The minimum Gasteiger partial charge on any atom is -0.353 e. The molecule has 4 heteroatoms. The maximum Gasteiger partial charge on any atom is 0.234 e. The second kappa shape index (κ2) is 6.35. The third kappa shape index (κ3) is 4.95. The third-order valence-corrected chi connectivity index (χ3v) is 2.36. The Bertz CT molecular complexity index is 391. The molecule has 17 heavy (non-hydrogen) atoms. The predicted molar refractivity (Wildman–Crippen MR) is 66.1 cm³/mol. The lowest BCUT2D eigenvalue weighted by atomic mass is 10.1. The second-order valence-electron chi connectivity index (χ2n) is 4.40. The van der Waals surface area contributed by atoms with E-state index >= 15 is 0 Å². The van der Waals surface area contributed by atoms with Gasteiger partial charge < -0.3 is 10.6 Å². The monoisotopic (exact) mass is 238 g/mol. The van der Waals surface area contributed by atoms with Crippen molar-refractivity contribution < 1.29 is 9.18 Å². The Labute approximate surface area is 101 Å². The summed E-state index contributed by atoms with van der Waals surface area (Å²) in [7, 11) is 0. The minimum atomic E-state index is -0.233. The fourth-order valence-corrected chi connectivity index (χ4v) is 1.54. The van der Waals surface area contributed by atoms with Gasteiger partial charge in [-0.1, -0.05) is 6.07 Å². The standard InChI is InChI=1S/C13H19FN2O/c1-9(2)16-13(17)8-15-7-11-4-5-12(14)6-10(11)3/h4-6,9,15H,7-8H2,1-3H3,(H,16,17). The van der Waals surface area contributed by atoms with Gasteiger partial charge in [0.1, 0.15) is 5.82 Å². The molecule has 0 aliphatic heterocycles. The van der Waals surface area contributed by atoms with E-state index in [1.807, 2.05) is 20.8 Å². The van der Waals surface area contributed by atoms with Crippen LogP contribution in [0.15, 0.2) is 18.2 Å². The molecule has 0 spiro atoms. The van der Waals surface area contributed by atoms with E-state index in [0.29, 0.717) is 6.54 Å². The van der Waals surface area contributed by atoms with Crippen LogP contribution in [0.5, 0.6) is 0 Å². The summed E-state index contributed by atoms with van der Waals surface area (Å²) in [6, 6.07) is 4.80. The van der Waals surface area contributed by atoms with Crippen LogP contribution in [-0.2, 0) is 11.3 Å². The van der Waals surface area contributed by atoms with E-state index in [-0.39, 0.29) is 24.3 Å². The Morgan fingerprint density at radius 1 is 1.41 bits per heavy atom. The van der Waals surface area contributed by atoms with Gasteiger partial charge in [-0.15, -0.1) is 0 Å². The molecule has 0 atom stereocenters. The molecule has 0 aliphatic rings. The largest absolute Gasteiger partial charge is 0.353 e. The van der Waals surface area contributed by atoms with Gasteiger partial charge in [0, 0.05) is 12.6 Å². The molecule has 1 aromatic carbocycles. The summed E-state index contributed by atoms with van der Waals surface area (Å²) in [4.78, 5) is 11.3. The Kier molecular flexibility index (Phi) is 5.10. The number of halogens is 1. The summed E-state index contributed by atoms with van der Waals surface area (Å²) in [6.45, 7) is 6.53. The second-order valence-corrected chi connectivity index (χ2v) is 4.40. The Morgan fingerprint density at radius 3 is 2.71 bits per heavy atom. The number of amides is 1. The normalized spacial score (nSPS) is 10.6. The SMILES string of the molecule is Cc1cc(F)ccc1CNCC(=O)NC(C)C. The quantitative estimate of drug-likeness (QED) is 0.820. The van der Waals surface area contributed by atoms with E-state index in [4.69, 9.17) is 0 Å². The summed E-state index contributed by atoms with van der Waals surface area (Å²) >= 11 is 0. The van der Waals surface area contributed by atoms with Crippen molar-refractivity contribution in [3.05, 3.63) is 35.1 Å². The molecule has 0 heterocycles.